The molecule has 2 N–H and O–H groups in total. The van der Waals surface area contributed by atoms with E-state index in [-0.39, 0.29) is 31.7 Å². The van der Waals surface area contributed by atoms with Gasteiger partial charge in [0.05, 0.1) is 13.5 Å². The highest BCUT2D eigenvalue weighted by Crippen LogP contribution is 1.80. The summed E-state index contributed by atoms with van der Waals surface area (Å²) in [6.45, 7) is 0.395. The van der Waals surface area contributed by atoms with Crippen molar-refractivity contribution in [3.8, 4) is 0 Å². The van der Waals surface area contributed by atoms with E-state index in [1.54, 1.807) is 0 Å². The minimum Gasteiger partial charge on any atom is -0.469 e. The predicted octanol–water partition coefficient (Wildman–Crippen LogP) is -0.547. The third-order valence-electron chi connectivity index (χ3n) is 1.22. The molecule has 0 aromatic rings. The second-order valence-corrected chi connectivity index (χ2v) is 2.19. The number of hydrogen-bond donors (Lipinski definition) is 2. The highest BCUT2D eigenvalue weighted by atomic mass is 16.5. The van der Waals surface area contributed by atoms with E-state index in [4.69, 9.17) is 0 Å². The summed E-state index contributed by atoms with van der Waals surface area (Å²) < 4.78 is 8.98. The lowest BCUT2D eigenvalue weighted by atomic mass is 10.4. The molecule has 6 heteroatoms. The third-order valence-corrected chi connectivity index (χ3v) is 1.22. The van der Waals surface area contributed by atoms with Crippen molar-refractivity contribution in [2.24, 2.45) is 0 Å². The Hall–Kier alpha value is -1.30. The van der Waals surface area contributed by atoms with Gasteiger partial charge in [0, 0.05) is 13.7 Å². The van der Waals surface area contributed by atoms with Gasteiger partial charge in [-0.15, -0.1) is 0 Å². The van der Waals surface area contributed by atoms with Gasteiger partial charge in [-0.05, 0) is 0 Å². The summed E-state index contributed by atoms with van der Waals surface area (Å²) in [6.07, 6.45) is 0.164. The fourth-order valence-corrected chi connectivity index (χ4v) is 0.580. The number of amides is 2. The molecule has 0 saturated heterocycles. The van der Waals surface area contributed by atoms with Crippen molar-refractivity contribution in [1.29, 1.82) is 0 Å². The Morgan fingerprint density at radius 3 is 2.46 bits per heavy atom. The third kappa shape index (κ3) is 7.07. The van der Waals surface area contributed by atoms with Crippen molar-refractivity contribution in [1.82, 2.24) is 10.6 Å². The Bertz CT molecular complexity index is 172. The molecule has 0 aromatic heterocycles. The molecule has 0 rings (SSSR count). The van der Waals surface area contributed by atoms with E-state index in [1.165, 1.54) is 14.2 Å². The molecule has 0 spiro atoms. The first kappa shape index (κ1) is 11.7. The standard InChI is InChI=1S/C7H14N2O4/c1-12-5-9-7(11)8-4-3-6(10)13-2/h3-5H2,1-2H3,(H2,8,9,11). The van der Waals surface area contributed by atoms with Crippen LogP contribution in [0.1, 0.15) is 6.42 Å². The summed E-state index contributed by atoms with van der Waals surface area (Å²) in [5.41, 5.74) is 0. The lowest BCUT2D eigenvalue weighted by Gasteiger charge is -2.05. The molecule has 6 nitrogen and oxygen atoms in total. The number of carbonyl (C=O) groups excluding carboxylic acids is 2. The average molecular weight is 190 g/mol. The molecule has 0 aliphatic rings. The Kier molecular flexibility index (Phi) is 6.62. The van der Waals surface area contributed by atoms with Gasteiger partial charge in [-0.2, -0.15) is 0 Å². The summed E-state index contributed by atoms with van der Waals surface area (Å²) in [7, 11) is 2.77. The zero-order valence-corrected chi connectivity index (χ0v) is 7.75. The van der Waals surface area contributed by atoms with Gasteiger partial charge in [0.1, 0.15) is 6.73 Å². The molecule has 0 aliphatic carbocycles. The number of methoxy groups -OCH3 is 2. The monoisotopic (exact) mass is 190 g/mol. The van der Waals surface area contributed by atoms with Gasteiger partial charge in [0.2, 0.25) is 0 Å². The van der Waals surface area contributed by atoms with Crippen molar-refractivity contribution < 1.29 is 19.1 Å². The topological polar surface area (TPSA) is 76.7 Å². The number of rotatable bonds is 5. The van der Waals surface area contributed by atoms with Gasteiger partial charge >= 0.3 is 12.0 Å². The van der Waals surface area contributed by atoms with Gasteiger partial charge in [-0.25, -0.2) is 4.79 Å². The van der Waals surface area contributed by atoms with Gasteiger partial charge in [0.15, 0.2) is 0 Å². The number of esters is 1. The van der Waals surface area contributed by atoms with Gasteiger partial charge in [0.25, 0.3) is 0 Å². The van der Waals surface area contributed by atoms with E-state index in [9.17, 15) is 9.59 Å². The second-order valence-electron chi connectivity index (χ2n) is 2.19. The number of hydrogen-bond acceptors (Lipinski definition) is 4. The fourth-order valence-electron chi connectivity index (χ4n) is 0.580. The Balaban J connectivity index is 3.31. The molecule has 0 heterocycles. The van der Waals surface area contributed by atoms with Crippen LogP contribution in [0.2, 0.25) is 0 Å². The van der Waals surface area contributed by atoms with E-state index < -0.39 is 0 Å². The molecule has 76 valence electrons. The van der Waals surface area contributed by atoms with Crippen molar-refractivity contribution in [2.75, 3.05) is 27.5 Å². The first-order valence-corrected chi connectivity index (χ1v) is 3.78. The van der Waals surface area contributed by atoms with Gasteiger partial charge < -0.3 is 20.1 Å². The van der Waals surface area contributed by atoms with Crippen LogP contribution in [0, 0.1) is 0 Å². The maximum atomic E-state index is 10.8. The first-order chi connectivity index (χ1) is 6.20. The van der Waals surface area contributed by atoms with Crippen LogP contribution in [-0.2, 0) is 14.3 Å². The summed E-state index contributed by atoms with van der Waals surface area (Å²) >= 11 is 0. The van der Waals surface area contributed by atoms with Crippen LogP contribution in [0.25, 0.3) is 0 Å². The summed E-state index contributed by atoms with van der Waals surface area (Å²) in [4.78, 5) is 21.4. The molecule has 0 atom stereocenters. The lowest BCUT2D eigenvalue weighted by Crippen LogP contribution is -2.37. The Morgan fingerprint density at radius 1 is 1.23 bits per heavy atom. The molecule has 0 aliphatic heterocycles. The zero-order chi connectivity index (χ0) is 10.1. The van der Waals surface area contributed by atoms with Crippen molar-refractivity contribution in [3.63, 3.8) is 0 Å². The van der Waals surface area contributed by atoms with E-state index >= 15 is 0 Å². The molecule has 13 heavy (non-hydrogen) atoms. The van der Waals surface area contributed by atoms with Crippen LogP contribution < -0.4 is 10.6 Å². The number of ether oxygens (including phenoxy) is 2. The minimum absolute atomic E-state index is 0.143. The molecule has 2 amide bonds. The highest BCUT2D eigenvalue weighted by molar-refractivity contribution is 5.75. The van der Waals surface area contributed by atoms with Crippen molar-refractivity contribution in [2.45, 2.75) is 6.42 Å². The minimum atomic E-state index is -0.370. The van der Waals surface area contributed by atoms with Crippen LogP contribution in [0.15, 0.2) is 0 Å². The quantitative estimate of drug-likeness (QED) is 0.450. The summed E-state index contributed by atoms with van der Waals surface area (Å²) in [6, 6.07) is -0.370. The largest absolute Gasteiger partial charge is 0.469 e. The maximum Gasteiger partial charge on any atom is 0.316 e. The number of carbonyl (C=O) groups is 2. The SMILES string of the molecule is COCNC(=O)NCCC(=O)OC. The van der Waals surface area contributed by atoms with Crippen molar-refractivity contribution in [3.05, 3.63) is 0 Å². The van der Waals surface area contributed by atoms with E-state index in [2.05, 4.69) is 20.1 Å². The summed E-state index contributed by atoms with van der Waals surface area (Å²) in [5.74, 6) is -0.355. The van der Waals surface area contributed by atoms with Crippen LogP contribution in [0.3, 0.4) is 0 Å². The zero-order valence-electron chi connectivity index (χ0n) is 7.75. The molecule has 0 saturated carbocycles. The smallest absolute Gasteiger partial charge is 0.316 e. The molecular formula is C7H14N2O4. The van der Waals surface area contributed by atoms with Crippen LogP contribution in [-0.4, -0.2) is 39.5 Å². The van der Waals surface area contributed by atoms with Gasteiger partial charge in [-0.3, -0.25) is 4.79 Å². The molecule has 0 bridgehead atoms. The first-order valence-electron chi connectivity index (χ1n) is 3.78. The average Bonchev–Trinajstić information content (AvgIpc) is 2.14. The van der Waals surface area contributed by atoms with Crippen LogP contribution in [0.5, 0.6) is 0 Å². The lowest BCUT2D eigenvalue weighted by molar-refractivity contribution is -0.140. The normalized spacial score (nSPS) is 9.08. The fraction of sp³-hybridized carbons (Fsp3) is 0.714. The van der Waals surface area contributed by atoms with E-state index in [1.807, 2.05) is 0 Å². The van der Waals surface area contributed by atoms with Gasteiger partial charge in [-0.1, -0.05) is 0 Å². The second kappa shape index (κ2) is 7.35. The van der Waals surface area contributed by atoms with Crippen molar-refractivity contribution >= 4 is 12.0 Å². The Labute approximate surface area is 76.6 Å². The highest BCUT2D eigenvalue weighted by Gasteiger charge is 2.01. The molecule has 0 unspecified atom stereocenters. The number of urea groups is 1. The molecule has 0 radical (unpaired) electrons. The number of nitrogens with one attached hydrogen (secondary N) is 2. The Morgan fingerprint density at radius 2 is 1.92 bits per heavy atom. The van der Waals surface area contributed by atoms with E-state index in [0.29, 0.717) is 0 Å². The molecule has 0 aromatic carbocycles. The predicted molar refractivity (Wildman–Crippen MR) is 45.0 cm³/mol. The molecular weight excluding hydrogens is 176 g/mol. The van der Waals surface area contributed by atoms with Crippen LogP contribution >= 0.6 is 0 Å². The summed E-state index contributed by atoms with van der Waals surface area (Å²) in [5, 5.41) is 4.85. The van der Waals surface area contributed by atoms with Crippen LogP contribution in [0.4, 0.5) is 4.79 Å². The maximum absolute atomic E-state index is 10.8. The van der Waals surface area contributed by atoms with E-state index in [0.717, 1.165) is 0 Å². The molecule has 0 fully saturated rings.